The Bertz CT molecular complexity index is 1590. The van der Waals surface area contributed by atoms with E-state index in [2.05, 4.69) is 49.6 Å². The zero-order chi connectivity index (χ0) is 32.0. The molecular weight excluding hydrogens is 590 g/mol. The van der Waals surface area contributed by atoms with Crippen molar-refractivity contribution in [3.8, 4) is 0 Å². The number of piperidine rings is 1. The van der Waals surface area contributed by atoms with Crippen LogP contribution in [0.4, 0.5) is 23.5 Å². The third-order valence-corrected chi connectivity index (χ3v) is 8.09. The van der Waals surface area contributed by atoms with Crippen LogP contribution < -0.4 is 4.90 Å². The van der Waals surface area contributed by atoms with Crippen LogP contribution >= 0.6 is 0 Å². The molecule has 3 heterocycles. The van der Waals surface area contributed by atoms with Crippen LogP contribution in [0.5, 0.6) is 0 Å². The first-order valence-electron chi connectivity index (χ1n) is 14.9. The zero-order valence-corrected chi connectivity index (χ0v) is 24.7. The van der Waals surface area contributed by atoms with Gasteiger partial charge in [0, 0.05) is 38.6 Å². The molecule has 1 aromatic heterocycles. The van der Waals surface area contributed by atoms with Gasteiger partial charge in [0.1, 0.15) is 5.82 Å². The second kappa shape index (κ2) is 14.1. The minimum absolute atomic E-state index is 0.0536. The van der Waals surface area contributed by atoms with Gasteiger partial charge in [0.2, 0.25) is 11.9 Å². The second-order valence-corrected chi connectivity index (χ2v) is 11.3. The van der Waals surface area contributed by atoms with Crippen LogP contribution in [0.2, 0.25) is 0 Å². The van der Waals surface area contributed by atoms with E-state index in [1.807, 2.05) is 36.4 Å². The van der Waals surface area contributed by atoms with Crippen LogP contribution in [0.15, 0.2) is 78.9 Å². The van der Waals surface area contributed by atoms with E-state index in [0.717, 1.165) is 74.5 Å². The van der Waals surface area contributed by atoms with E-state index in [9.17, 15) is 22.4 Å². The number of fused-ring (bicyclic) bond motifs is 1. The Labute approximate surface area is 258 Å². The summed E-state index contributed by atoms with van der Waals surface area (Å²) in [6.07, 6.45) is -2.41. The number of alkyl halides is 3. The molecule has 0 bridgehead atoms. The zero-order valence-electron chi connectivity index (χ0n) is 24.7. The molecule has 2 aliphatic heterocycles. The Morgan fingerprint density at radius 2 is 1.44 bits per heavy atom. The molecule has 2 saturated heterocycles. The van der Waals surface area contributed by atoms with Gasteiger partial charge in [0.25, 0.3) is 0 Å². The van der Waals surface area contributed by atoms with Crippen LogP contribution in [-0.2, 0) is 22.7 Å². The predicted octanol–water partition coefficient (Wildman–Crippen LogP) is 5.77. The maximum atomic E-state index is 13.5. The fourth-order valence-corrected chi connectivity index (χ4v) is 5.84. The van der Waals surface area contributed by atoms with Crippen molar-refractivity contribution in [2.24, 2.45) is 5.92 Å². The number of imidazole rings is 1. The average molecular weight is 626 g/mol. The van der Waals surface area contributed by atoms with Gasteiger partial charge in [-0.05, 0) is 54.7 Å². The van der Waals surface area contributed by atoms with Crippen molar-refractivity contribution in [2.75, 3.05) is 37.7 Å². The number of aromatic nitrogens is 2. The number of carboxylic acids is 1. The van der Waals surface area contributed by atoms with Crippen LogP contribution in [-0.4, -0.2) is 75.4 Å². The summed E-state index contributed by atoms with van der Waals surface area (Å²) in [6.45, 7) is 5.68. The first-order valence-corrected chi connectivity index (χ1v) is 14.9. The van der Waals surface area contributed by atoms with Gasteiger partial charge < -0.3 is 19.5 Å². The first-order chi connectivity index (χ1) is 21.6. The lowest BCUT2D eigenvalue weighted by Gasteiger charge is -2.39. The number of halogens is 4. The van der Waals surface area contributed by atoms with Crippen LogP contribution in [0, 0.1) is 11.7 Å². The number of rotatable bonds is 6. The molecule has 0 saturated carbocycles. The number of carbonyl (C=O) groups excluding carboxylic acids is 1. The number of carboxylic acid groups (broad SMARTS) is 1. The third kappa shape index (κ3) is 8.18. The SMILES string of the molecule is O=C(C1CCN(c2nc3ccccc3n2Cc2ccc(F)cc2)CC1)N1CCCN(Cc2ccccc2)C1.O=C(O)C(F)(F)F. The monoisotopic (exact) mass is 625 g/mol. The van der Waals surface area contributed by atoms with Gasteiger partial charge in [-0.2, -0.15) is 13.2 Å². The van der Waals surface area contributed by atoms with E-state index >= 15 is 0 Å². The fourth-order valence-electron chi connectivity index (χ4n) is 5.84. The predicted molar refractivity (Wildman–Crippen MR) is 162 cm³/mol. The largest absolute Gasteiger partial charge is 0.490 e. The second-order valence-electron chi connectivity index (χ2n) is 11.3. The molecular formula is C33H35F4N5O3. The number of anilines is 1. The Hall–Kier alpha value is -4.45. The molecule has 0 aliphatic carbocycles. The summed E-state index contributed by atoms with van der Waals surface area (Å²) in [5.74, 6) is -1.71. The van der Waals surface area contributed by atoms with E-state index in [0.29, 0.717) is 19.1 Å². The number of carbonyl (C=O) groups is 2. The average Bonchev–Trinajstić information content (AvgIpc) is 3.40. The van der Waals surface area contributed by atoms with Crippen LogP contribution in [0.25, 0.3) is 11.0 Å². The Balaban J connectivity index is 0.000000515. The van der Waals surface area contributed by atoms with Crippen molar-refractivity contribution in [3.05, 3.63) is 95.8 Å². The van der Waals surface area contributed by atoms with Gasteiger partial charge in [-0.15, -0.1) is 0 Å². The number of hydrogen-bond donors (Lipinski definition) is 1. The molecule has 2 fully saturated rings. The molecule has 0 spiro atoms. The van der Waals surface area contributed by atoms with Crippen molar-refractivity contribution in [1.29, 1.82) is 0 Å². The molecule has 1 N–H and O–H groups in total. The van der Waals surface area contributed by atoms with E-state index in [1.54, 1.807) is 0 Å². The Morgan fingerprint density at radius 3 is 2.11 bits per heavy atom. The summed E-state index contributed by atoms with van der Waals surface area (Å²) in [5, 5.41) is 7.12. The normalized spacial score (nSPS) is 16.4. The topological polar surface area (TPSA) is 81.9 Å². The molecule has 0 atom stereocenters. The number of amides is 1. The molecule has 0 unspecified atom stereocenters. The smallest absolute Gasteiger partial charge is 0.475 e. The fraction of sp³-hybridized carbons (Fsp3) is 0.364. The lowest BCUT2D eigenvalue weighted by Crippen LogP contribution is -2.50. The van der Waals surface area contributed by atoms with E-state index < -0.39 is 12.1 Å². The van der Waals surface area contributed by atoms with E-state index in [1.165, 1.54) is 17.7 Å². The molecule has 12 heteroatoms. The molecule has 2 aliphatic rings. The number of benzene rings is 3. The van der Waals surface area contributed by atoms with Gasteiger partial charge in [0.05, 0.1) is 24.2 Å². The van der Waals surface area contributed by atoms with E-state index in [4.69, 9.17) is 14.9 Å². The number of nitrogens with zero attached hydrogens (tertiary/aromatic N) is 5. The molecule has 1 amide bonds. The van der Waals surface area contributed by atoms with Gasteiger partial charge in [-0.1, -0.05) is 54.6 Å². The number of para-hydroxylation sites is 2. The highest BCUT2D eigenvalue weighted by atomic mass is 19.4. The van der Waals surface area contributed by atoms with E-state index in [-0.39, 0.29) is 11.7 Å². The minimum atomic E-state index is -5.08. The lowest BCUT2D eigenvalue weighted by molar-refractivity contribution is -0.192. The molecule has 45 heavy (non-hydrogen) atoms. The molecule has 0 radical (unpaired) electrons. The highest BCUT2D eigenvalue weighted by Crippen LogP contribution is 2.29. The maximum Gasteiger partial charge on any atom is 0.490 e. The van der Waals surface area contributed by atoms with Crippen molar-refractivity contribution in [2.45, 2.75) is 38.5 Å². The van der Waals surface area contributed by atoms with Crippen LogP contribution in [0.1, 0.15) is 30.4 Å². The summed E-state index contributed by atoms with van der Waals surface area (Å²) < 4.78 is 47.4. The highest BCUT2D eigenvalue weighted by molar-refractivity contribution is 5.80. The summed E-state index contributed by atoms with van der Waals surface area (Å²) in [4.78, 5) is 34.1. The maximum absolute atomic E-state index is 13.5. The van der Waals surface area contributed by atoms with Crippen molar-refractivity contribution < 1.29 is 32.3 Å². The van der Waals surface area contributed by atoms with Gasteiger partial charge >= 0.3 is 12.1 Å². The lowest BCUT2D eigenvalue weighted by atomic mass is 9.95. The summed E-state index contributed by atoms with van der Waals surface area (Å²) in [5.41, 5.74) is 4.34. The quantitative estimate of drug-likeness (QED) is 0.274. The third-order valence-electron chi connectivity index (χ3n) is 8.09. The van der Waals surface area contributed by atoms with Crippen LogP contribution in [0.3, 0.4) is 0 Å². The minimum Gasteiger partial charge on any atom is -0.475 e. The van der Waals surface area contributed by atoms with Gasteiger partial charge in [-0.25, -0.2) is 14.2 Å². The van der Waals surface area contributed by atoms with Crippen molar-refractivity contribution in [1.82, 2.24) is 19.4 Å². The highest BCUT2D eigenvalue weighted by Gasteiger charge is 2.38. The first kappa shape index (κ1) is 32.0. The summed E-state index contributed by atoms with van der Waals surface area (Å²) in [6, 6.07) is 25.3. The molecule has 4 aromatic rings. The summed E-state index contributed by atoms with van der Waals surface area (Å²) >= 11 is 0. The molecule has 8 nitrogen and oxygen atoms in total. The Morgan fingerprint density at radius 1 is 0.822 bits per heavy atom. The van der Waals surface area contributed by atoms with Gasteiger partial charge in [-0.3, -0.25) is 9.69 Å². The Kier molecular flexibility index (Phi) is 10.0. The van der Waals surface area contributed by atoms with Crippen molar-refractivity contribution >= 4 is 28.9 Å². The number of hydrogen-bond acceptors (Lipinski definition) is 5. The summed E-state index contributed by atoms with van der Waals surface area (Å²) in [7, 11) is 0. The molecule has 3 aromatic carbocycles. The molecule has 238 valence electrons. The van der Waals surface area contributed by atoms with Gasteiger partial charge in [0.15, 0.2) is 0 Å². The standard InChI is InChI=1S/C31H34FN5O.C2HF3O2/c32-27-13-11-25(12-14-27)22-37-29-10-5-4-9-28(29)33-31(37)35-19-15-26(16-20-35)30(38)36-18-6-17-34(23-36)21-24-7-2-1-3-8-24;3-2(4,5)1(6)7/h1-5,7-14,26H,6,15-23H2;(H,6,7). The van der Waals surface area contributed by atoms with Crippen molar-refractivity contribution in [3.63, 3.8) is 0 Å². The number of aliphatic carboxylic acids is 1. The molecule has 6 rings (SSSR count).